The fraction of sp³-hybridized carbons (Fsp3) is 0.500. The predicted octanol–water partition coefficient (Wildman–Crippen LogP) is 1.21. The molecule has 0 saturated carbocycles. The summed E-state index contributed by atoms with van der Waals surface area (Å²) in [4.78, 5) is 21.1. The Bertz CT molecular complexity index is 380. The Kier molecular flexibility index (Phi) is 5.14. The van der Waals surface area contributed by atoms with Gasteiger partial charge in [0, 0.05) is 26.1 Å². The molecule has 2 N–H and O–H groups in total. The monoisotopic (exact) mass is 302 g/mol. The number of methoxy groups -OCH3 is 1. The summed E-state index contributed by atoms with van der Waals surface area (Å²) in [5.41, 5.74) is 5.61. The van der Waals surface area contributed by atoms with Crippen LogP contribution in [0.2, 0.25) is 0 Å². The standard InChI is InChI=1S/C10H15BrN4O2/c1-15(5-3-4-9(16)17-2)10-13-7(11)6-8(12)14-10/h6H,3-5H2,1-2H3,(H2,12,13,14). The van der Waals surface area contributed by atoms with Gasteiger partial charge in [-0.25, -0.2) is 4.98 Å². The first-order valence-corrected chi connectivity index (χ1v) is 5.90. The molecule has 0 amide bonds. The van der Waals surface area contributed by atoms with Gasteiger partial charge in [-0.2, -0.15) is 4.98 Å². The van der Waals surface area contributed by atoms with E-state index in [4.69, 9.17) is 5.73 Å². The largest absolute Gasteiger partial charge is 0.469 e. The Balaban J connectivity index is 2.52. The van der Waals surface area contributed by atoms with Gasteiger partial charge < -0.3 is 15.4 Å². The van der Waals surface area contributed by atoms with E-state index >= 15 is 0 Å². The van der Waals surface area contributed by atoms with E-state index < -0.39 is 0 Å². The third-order valence-corrected chi connectivity index (χ3v) is 2.55. The molecule has 0 spiro atoms. The molecule has 6 nitrogen and oxygen atoms in total. The van der Waals surface area contributed by atoms with E-state index in [1.165, 1.54) is 7.11 Å². The van der Waals surface area contributed by atoms with Gasteiger partial charge >= 0.3 is 5.97 Å². The Labute approximate surface area is 108 Å². The van der Waals surface area contributed by atoms with Crippen molar-refractivity contribution in [3.05, 3.63) is 10.7 Å². The summed E-state index contributed by atoms with van der Waals surface area (Å²) < 4.78 is 5.20. The van der Waals surface area contributed by atoms with Crippen molar-refractivity contribution in [2.45, 2.75) is 12.8 Å². The summed E-state index contributed by atoms with van der Waals surface area (Å²) in [5.74, 6) is 0.719. The minimum Gasteiger partial charge on any atom is -0.469 e. The van der Waals surface area contributed by atoms with Crippen molar-refractivity contribution in [2.24, 2.45) is 0 Å². The first-order valence-electron chi connectivity index (χ1n) is 5.11. The van der Waals surface area contributed by atoms with Crippen molar-refractivity contribution >= 4 is 33.7 Å². The van der Waals surface area contributed by atoms with E-state index in [0.717, 1.165) is 0 Å². The number of rotatable bonds is 5. The molecule has 0 atom stereocenters. The highest BCUT2D eigenvalue weighted by molar-refractivity contribution is 9.10. The van der Waals surface area contributed by atoms with Crippen molar-refractivity contribution in [3.8, 4) is 0 Å². The molecule has 94 valence electrons. The molecule has 0 radical (unpaired) electrons. The number of aromatic nitrogens is 2. The summed E-state index contributed by atoms with van der Waals surface area (Å²) in [6, 6.07) is 1.63. The summed E-state index contributed by atoms with van der Waals surface area (Å²) in [6.07, 6.45) is 1.06. The quantitative estimate of drug-likeness (QED) is 0.650. The van der Waals surface area contributed by atoms with Gasteiger partial charge in [0.25, 0.3) is 0 Å². The number of ether oxygens (including phenoxy) is 1. The van der Waals surface area contributed by atoms with Crippen molar-refractivity contribution in [3.63, 3.8) is 0 Å². The van der Waals surface area contributed by atoms with Crippen molar-refractivity contribution in [1.82, 2.24) is 9.97 Å². The molecule has 1 heterocycles. The molecule has 17 heavy (non-hydrogen) atoms. The number of nitrogens with zero attached hydrogens (tertiary/aromatic N) is 3. The van der Waals surface area contributed by atoms with Crippen molar-refractivity contribution < 1.29 is 9.53 Å². The van der Waals surface area contributed by atoms with Crippen LogP contribution >= 0.6 is 15.9 Å². The van der Waals surface area contributed by atoms with Gasteiger partial charge in [-0.05, 0) is 22.4 Å². The summed E-state index contributed by atoms with van der Waals surface area (Å²) >= 11 is 3.25. The minimum absolute atomic E-state index is 0.215. The Morgan fingerprint density at radius 1 is 1.59 bits per heavy atom. The fourth-order valence-corrected chi connectivity index (χ4v) is 1.65. The number of halogens is 1. The van der Waals surface area contributed by atoms with Crippen LogP contribution in [-0.2, 0) is 9.53 Å². The number of hydrogen-bond donors (Lipinski definition) is 1. The van der Waals surface area contributed by atoms with E-state index in [-0.39, 0.29) is 5.97 Å². The second-order valence-corrected chi connectivity index (χ2v) is 4.33. The lowest BCUT2D eigenvalue weighted by atomic mass is 10.3. The molecule has 0 bridgehead atoms. The van der Waals surface area contributed by atoms with Gasteiger partial charge in [-0.1, -0.05) is 0 Å². The van der Waals surface area contributed by atoms with Gasteiger partial charge in [-0.15, -0.1) is 0 Å². The zero-order chi connectivity index (χ0) is 12.8. The van der Waals surface area contributed by atoms with Gasteiger partial charge in [0.1, 0.15) is 10.4 Å². The molecule has 0 unspecified atom stereocenters. The first-order chi connectivity index (χ1) is 8.02. The maximum atomic E-state index is 10.9. The predicted molar refractivity (Wildman–Crippen MR) is 68.7 cm³/mol. The molecule has 1 rings (SSSR count). The van der Waals surface area contributed by atoms with E-state index in [9.17, 15) is 4.79 Å². The Morgan fingerprint density at radius 2 is 2.29 bits per heavy atom. The maximum absolute atomic E-state index is 10.9. The number of carbonyl (C=O) groups is 1. The average Bonchev–Trinajstić information content (AvgIpc) is 2.27. The summed E-state index contributed by atoms with van der Waals surface area (Å²) in [6.45, 7) is 0.658. The molecule has 0 aromatic carbocycles. The minimum atomic E-state index is -0.215. The SMILES string of the molecule is COC(=O)CCCN(C)c1nc(N)cc(Br)n1. The van der Waals surface area contributed by atoms with Crippen LogP contribution in [0.3, 0.4) is 0 Å². The molecule has 0 aliphatic carbocycles. The summed E-state index contributed by atoms with van der Waals surface area (Å²) in [5, 5.41) is 0. The van der Waals surface area contributed by atoms with E-state index in [1.54, 1.807) is 6.07 Å². The van der Waals surface area contributed by atoms with Crippen LogP contribution in [-0.4, -0.2) is 36.6 Å². The highest BCUT2D eigenvalue weighted by Crippen LogP contribution is 2.15. The number of hydrogen-bond acceptors (Lipinski definition) is 6. The molecule has 1 aromatic rings. The van der Waals surface area contributed by atoms with E-state index in [1.807, 2.05) is 11.9 Å². The smallest absolute Gasteiger partial charge is 0.305 e. The van der Waals surface area contributed by atoms with E-state index in [0.29, 0.717) is 35.8 Å². The lowest BCUT2D eigenvalue weighted by Crippen LogP contribution is -2.22. The number of anilines is 2. The number of esters is 1. The van der Waals surface area contributed by atoms with Gasteiger partial charge in [0.15, 0.2) is 0 Å². The van der Waals surface area contributed by atoms with Crippen LogP contribution in [0.4, 0.5) is 11.8 Å². The number of carbonyl (C=O) groups excluding carboxylic acids is 1. The van der Waals surface area contributed by atoms with Gasteiger partial charge in [0.05, 0.1) is 7.11 Å². The van der Waals surface area contributed by atoms with Crippen molar-refractivity contribution in [2.75, 3.05) is 31.3 Å². The third kappa shape index (κ3) is 4.56. The van der Waals surface area contributed by atoms with Crippen molar-refractivity contribution in [1.29, 1.82) is 0 Å². The molecular formula is C10H15BrN4O2. The average molecular weight is 303 g/mol. The van der Waals surface area contributed by atoms with Crippen LogP contribution < -0.4 is 10.6 Å². The molecule has 1 aromatic heterocycles. The van der Waals surface area contributed by atoms with Crippen LogP contribution in [0.25, 0.3) is 0 Å². The fourth-order valence-electron chi connectivity index (χ4n) is 1.26. The Hall–Kier alpha value is -1.37. The molecule has 0 fully saturated rings. The van der Waals surface area contributed by atoms with Gasteiger partial charge in [-0.3, -0.25) is 4.79 Å². The van der Waals surface area contributed by atoms with Gasteiger partial charge in [0.2, 0.25) is 5.95 Å². The molecular weight excluding hydrogens is 288 g/mol. The first kappa shape index (κ1) is 13.7. The normalized spacial score (nSPS) is 10.1. The molecule has 0 saturated heterocycles. The lowest BCUT2D eigenvalue weighted by Gasteiger charge is -2.16. The zero-order valence-corrected chi connectivity index (χ0v) is 11.4. The number of nitrogen functional groups attached to an aromatic ring is 1. The molecule has 0 aliphatic rings. The van der Waals surface area contributed by atoms with Crippen LogP contribution in [0.5, 0.6) is 0 Å². The zero-order valence-electron chi connectivity index (χ0n) is 9.81. The molecule has 0 aliphatic heterocycles. The van der Waals surface area contributed by atoms with Crippen LogP contribution in [0, 0.1) is 0 Å². The van der Waals surface area contributed by atoms with E-state index in [2.05, 4.69) is 30.6 Å². The maximum Gasteiger partial charge on any atom is 0.305 e. The topological polar surface area (TPSA) is 81.3 Å². The molecule has 7 heteroatoms. The third-order valence-electron chi connectivity index (χ3n) is 2.15. The lowest BCUT2D eigenvalue weighted by molar-refractivity contribution is -0.140. The van der Waals surface area contributed by atoms with Crippen LogP contribution in [0.1, 0.15) is 12.8 Å². The number of nitrogens with two attached hydrogens (primary N) is 1. The highest BCUT2D eigenvalue weighted by Gasteiger charge is 2.07. The highest BCUT2D eigenvalue weighted by atomic mass is 79.9. The van der Waals surface area contributed by atoms with Crippen LogP contribution in [0.15, 0.2) is 10.7 Å². The summed E-state index contributed by atoms with van der Waals surface area (Å²) in [7, 11) is 3.22. The second-order valence-electron chi connectivity index (χ2n) is 3.52. The Morgan fingerprint density at radius 3 is 2.88 bits per heavy atom. The second kappa shape index (κ2) is 6.39.